The third-order valence-electron chi connectivity index (χ3n) is 4.49. The third kappa shape index (κ3) is 24.4. The zero-order valence-corrected chi connectivity index (χ0v) is 16.5. The molecule has 0 heterocycles. The van der Waals surface area contributed by atoms with Crippen molar-refractivity contribution in [2.45, 2.75) is 122 Å². The van der Waals surface area contributed by atoms with Crippen molar-refractivity contribution in [1.29, 1.82) is 0 Å². The summed E-state index contributed by atoms with van der Waals surface area (Å²) in [4.78, 5) is 10.4. The molecule has 0 aliphatic heterocycles. The summed E-state index contributed by atoms with van der Waals surface area (Å²) in [5.74, 6) is -0.652. The Morgan fingerprint density at radius 3 is 1.09 bits per heavy atom. The molecular weight excluding hydrogens is 331 g/mol. The van der Waals surface area contributed by atoms with Crippen LogP contribution in [0.3, 0.4) is 0 Å². The van der Waals surface area contributed by atoms with Crippen LogP contribution in [0.4, 0.5) is 0 Å². The van der Waals surface area contributed by atoms with E-state index in [1.54, 1.807) is 0 Å². The first-order valence-electron chi connectivity index (χ1n) is 9.99. The van der Waals surface area contributed by atoms with Crippen molar-refractivity contribution in [3.63, 3.8) is 0 Å². The zero-order valence-electron chi connectivity index (χ0n) is 15.4. The van der Waals surface area contributed by atoms with E-state index in [0.717, 1.165) is 12.8 Å². The number of aliphatic carboxylic acids is 1. The maximum absolute atomic E-state index is 10.4. The predicted molar refractivity (Wildman–Crippen MR) is 96.4 cm³/mol. The Morgan fingerprint density at radius 1 is 0.565 bits per heavy atom. The van der Waals surface area contributed by atoms with Gasteiger partial charge in [-0.2, -0.15) is 0 Å². The number of hydrogen-bond donors (Lipinski definition) is 1. The van der Waals surface area contributed by atoms with Gasteiger partial charge in [0, 0.05) is 23.2 Å². The van der Waals surface area contributed by atoms with Gasteiger partial charge in [-0.3, -0.25) is 4.79 Å². The molecule has 0 amide bonds. The summed E-state index contributed by atoms with van der Waals surface area (Å²) in [6, 6.07) is 0. The monoisotopic (exact) mass is 371 g/mol. The molecule has 2 nitrogen and oxygen atoms in total. The molecule has 0 aromatic rings. The molecule has 141 valence electrons. The van der Waals surface area contributed by atoms with Crippen LogP contribution in [0, 0.1) is 0 Å². The van der Waals surface area contributed by atoms with Gasteiger partial charge in [0.25, 0.3) is 0 Å². The molecule has 0 aromatic carbocycles. The molecule has 0 saturated carbocycles. The first kappa shape index (κ1) is 25.2. The number of unbranched alkanes of at least 4 members (excludes halogenated alkanes) is 16. The summed E-state index contributed by atoms with van der Waals surface area (Å²) in [7, 11) is 0. The summed E-state index contributed by atoms with van der Waals surface area (Å²) in [5.41, 5.74) is 0. The molecule has 1 N–H and O–H groups in total. The second-order valence-corrected chi connectivity index (χ2v) is 6.80. The van der Waals surface area contributed by atoms with E-state index in [0.29, 0.717) is 6.42 Å². The Hall–Kier alpha value is -0.0235. The Kier molecular flexibility index (Phi) is 24.1. The smallest absolute Gasteiger partial charge is 0.303 e. The predicted octanol–water partition coefficient (Wildman–Crippen LogP) is 7.11. The first-order valence-corrected chi connectivity index (χ1v) is 9.99. The van der Waals surface area contributed by atoms with Crippen LogP contribution in [-0.4, -0.2) is 11.1 Å². The van der Waals surface area contributed by atoms with Gasteiger partial charge >= 0.3 is 5.97 Å². The molecule has 0 aliphatic carbocycles. The molecular formula is C20H40CoO2. The molecule has 0 spiro atoms. The van der Waals surface area contributed by atoms with Crippen LogP contribution in [0.2, 0.25) is 0 Å². The number of carboxylic acids is 1. The number of carboxylic acid groups (broad SMARTS) is 1. The van der Waals surface area contributed by atoms with Crippen molar-refractivity contribution in [2.75, 3.05) is 0 Å². The van der Waals surface area contributed by atoms with Crippen molar-refractivity contribution in [2.24, 2.45) is 0 Å². The fourth-order valence-corrected chi connectivity index (χ4v) is 3.00. The first-order chi connectivity index (χ1) is 10.8. The van der Waals surface area contributed by atoms with Crippen LogP contribution >= 0.6 is 0 Å². The van der Waals surface area contributed by atoms with Crippen LogP contribution in [0.15, 0.2) is 0 Å². The Morgan fingerprint density at radius 2 is 0.826 bits per heavy atom. The van der Waals surface area contributed by atoms with Gasteiger partial charge in [-0.25, -0.2) is 0 Å². The SMILES string of the molecule is CCCCCCCCCCCCCCCCCCCC(=O)O.[Co]. The molecule has 3 heteroatoms. The minimum Gasteiger partial charge on any atom is -0.481 e. The molecule has 23 heavy (non-hydrogen) atoms. The van der Waals surface area contributed by atoms with Crippen LogP contribution in [-0.2, 0) is 21.6 Å². The average Bonchev–Trinajstić information content (AvgIpc) is 2.50. The fraction of sp³-hybridized carbons (Fsp3) is 0.950. The van der Waals surface area contributed by atoms with Crippen LogP contribution in [0.5, 0.6) is 0 Å². The van der Waals surface area contributed by atoms with Crippen molar-refractivity contribution in [3.8, 4) is 0 Å². The standard InChI is InChI=1S/C20H40O2.Co/c1-2-3-4-5-6-7-8-9-10-11-12-13-14-15-16-17-18-19-20(21)22;/h2-19H2,1H3,(H,21,22);. The van der Waals surface area contributed by atoms with Crippen LogP contribution < -0.4 is 0 Å². The third-order valence-corrected chi connectivity index (χ3v) is 4.49. The zero-order chi connectivity index (χ0) is 16.3. The molecule has 0 aliphatic rings. The summed E-state index contributed by atoms with van der Waals surface area (Å²) in [6.45, 7) is 2.28. The van der Waals surface area contributed by atoms with E-state index in [2.05, 4.69) is 6.92 Å². The van der Waals surface area contributed by atoms with E-state index in [1.807, 2.05) is 0 Å². The van der Waals surface area contributed by atoms with E-state index < -0.39 is 5.97 Å². The maximum Gasteiger partial charge on any atom is 0.303 e. The van der Waals surface area contributed by atoms with Crippen LogP contribution in [0.1, 0.15) is 122 Å². The Bertz CT molecular complexity index is 232. The quantitative estimate of drug-likeness (QED) is 0.261. The van der Waals surface area contributed by atoms with Crippen molar-refractivity contribution < 1.29 is 26.7 Å². The van der Waals surface area contributed by atoms with Gasteiger partial charge in [-0.15, -0.1) is 0 Å². The summed E-state index contributed by atoms with van der Waals surface area (Å²) in [6.07, 6.45) is 23.1. The molecule has 0 atom stereocenters. The Labute approximate surface area is 155 Å². The average molecular weight is 371 g/mol. The molecule has 1 radical (unpaired) electrons. The Balaban J connectivity index is 0. The number of carbonyl (C=O) groups is 1. The summed E-state index contributed by atoms with van der Waals surface area (Å²) >= 11 is 0. The van der Waals surface area contributed by atoms with E-state index >= 15 is 0 Å². The minimum absolute atomic E-state index is 0. The van der Waals surface area contributed by atoms with Crippen molar-refractivity contribution in [1.82, 2.24) is 0 Å². The maximum atomic E-state index is 10.4. The summed E-state index contributed by atoms with van der Waals surface area (Å²) < 4.78 is 0. The molecule has 0 saturated heterocycles. The second kappa shape index (κ2) is 22.0. The molecule has 0 aromatic heterocycles. The van der Waals surface area contributed by atoms with E-state index in [9.17, 15) is 4.79 Å². The molecule has 0 bridgehead atoms. The van der Waals surface area contributed by atoms with Crippen LogP contribution in [0.25, 0.3) is 0 Å². The van der Waals surface area contributed by atoms with Gasteiger partial charge in [0.15, 0.2) is 0 Å². The number of hydrogen-bond acceptors (Lipinski definition) is 1. The topological polar surface area (TPSA) is 37.3 Å². The summed E-state index contributed by atoms with van der Waals surface area (Å²) in [5, 5.41) is 8.54. The largest absolute Gasteiger partial charge is 0.481 e. The fourth-order valence-electron chi connectivity index (χ4n) is 3.00. The van der Waals surface area contributed by atoms with Crippen molar-refractivity contribution in [3.05, 3.63) is 0 Å². The van der Waals surface area contributed by atoms with Gasteiger partial charge in [0.05, 0.1) is 0 Å². The van der Waals surface area contributed by atoms with Gasteiger partial charge in [0.1, 0.15) is 0 Å². The minimum atomic E-state index is -0.652. The van der Waals surface area contributed by atoms with Gasteiger partial charge in [-0.1, -0.05) is 110 Å². The van der Waals surface area contributed by atoms with Crippen molar-refractivity contribution >= 4 is 5.97 Å². The molecule has 0 fully saturated rings. The van der Waals surface area contributed by atoms with E-state index in [-0.39, 0.29) is 16.8 Å². The molecule has 0 rings (SSSR count). The number of rotatable bonds is 18. The van der Waals surface area contributed by atoms with Gasteiger partial charge < -0.3 is 5.11 Å². The second-order valence-electron chi connectivity index (χ2n) is 6.80. The van der Waals surface area contributed by atoms with Gasteiger partial charge in [0.2, 0.25) is 0 Å². The molecule has 0 unspecified atom stereocenters. The van der Waals surface area contributed by atoms with E-state index in [4.69, 9.17) is 5.11 Å². The van der Waals surface area contributed by atoms with Gasteiger partial charge in [-0.05, 0) is 6.42 Å². The normalized spacial score (nSPS) is 10.5. The van der Waals surface area contributed by atoms with E-state index in [1.165, 1.54) is 96.3 Å².